The molecule has 7 nitrogen and oxygen atoms in total. The molecule has 1 heterocycles. The van der Waals surface area contributed by atoms with Gasteiger partial charge in [0, 0.05) is 18.9 Å². The number of nitrogens with one attached hydrogen (secondary N) is 1. The van der Waals surface area contributed by atoms with Gasteiger partial charge in [0.05, 0.1) is 10.9 Å². The van der Waals surface area contributed by atoms with E-state index < -0.39 is 17.0 Å². The molecule has 3 rings (SSSR count). The number of nitrogens with two attached hydrogens (primary N) is 1. The van der Waals surface area contributed by atoms with Crippen molar-refractivity contribution in [3.8, 4) is 0 Å². The van der Waals surface area contributed by atoms with Crippen LogP contribution in [-0.2, 0) is 16.1 Å². The van der Waals surface area contributed by atoms with Gasteiger partial charge in [-0.15, -0.1) is 10.2 Å². The number of hydrogen-bond acceptors (Lipinski definition) is 5. The predicted molar refractivity (Wildman–Crippen MR) is 96.2 cm³/mol. The van der Waals surface area contributed by atoms with E-state index in [9.17, 15) is 14.0 Å². The summed E-state index contributed by atoms with van der Waals surface area (Å²) in [6.07, 6.45) is 2.27. The van der Waals surface area contributed by atoms with Crippen LogP contribution in [0.4, 0.5) is 10.1 Å². The monoisotopic (exact) mass is 377 g/mol. The molecule has 0 unspecified atom stereocenters. The molecule has 0 saturated heterocycles. The Hall–Kier alpha value is -2.42. The summed E-state index contributed by atoms with van der Waals surface area (Å²) in [5.41, 5.74) is 5.39. The lowest BCUT2D eigenvalue weighted by molar-refractivity contribution is -0.118. The number of rotatable bonds is 8. The molecule has 1 fully saturated rings. The number of anilines is 1. The number of carbonyl (C=O) groups excluding carboxylic acids is 2. The van der Waals surface area contributed by atoms with Crippen molar-refractivity contribution in [3.63, 3.8) is 0 Å². The summed E-state index contributed by atoms with van der Waals surface area (Å²) in [5.74, 6) is -0.0410. The predicted octanol–water partition coefficient (Wildman–Crippen LogP) is 2.29. The van der Waals surface area contributed by atoms with Gasteiger partial charge in [0.15, 0.2) is 5.16 Å². The first-order valence-electron chi connectivity index (χ1n) is 8.39. The van der Waals surface area contributed by atoms with Crippen molar-refractivity contribution in [3.05, 3.63) is 35.9 Å². The van der Waals surface area contributed by atoms with E-state index in [1.807, 2.05) is 4.57 Å². The van der Waals surface area contributed by atoms with Gasteiger partial charge in [-0.1, -0.05) is 23.9 Å². The Kier molecular flexibility index (Phi) is 5.55. The molecule has 0 bridgehead atoms. The standard InChI is InChI=1S/C17H20FN5O2S/c1-10(16(25)20-13-5-3-2-4-12(13)18)26-17-22-21-15(11-6-7-11)23(17)9-8-14(19)24/h2-5,10-11H,6-9H2,1H3,(H2,19,24)(H,20,25)/t10-/m1/s1. The van der Waals surface area contributed by atoms with Crippen LogP contribution in [0.3, 0.4) is 0 Å². The third kappa shape index (κ3) is 4.40. The lowest BCUT2D eigenvalue weighted by Gasteiger charge is -2.13. The summed E-state index contributed by atoms with van der Waals surface area (Å²) in [5, 5.41) is 11.0. The highest BCUT2D eigenvalue weighted by Crippen LogP contribution is 2.40. The number of primary amides is 1. The van der Waals surface area contributed by atoms with Gasteiger partial charge in [-0.05, 0) is 31.9 Å². The minimum absolute atomic E-state index is 0.138. The van der Waals surface area contributed by atoms with Crippen LogP contribution in [0.25, 0.3) is 0 Å². The number of benzene rings is 1. The number of thioether (sulfide) groups is 1. The molecule has 1 aromatic carbocycles. The maximum atomic E-state index is 13.7. The first-order chi connectivity index (χ1) is 12.5. The van der Waals surface area contributed by atoms with E-state index in [4.69, 9.17) is 5.73 Å². The fraction of sp³-hybridized carbons (Fsp3) is 0.412. The number of aromatic nitrogens is 3. The van der Waals surface area contributed by atoms with Gasteiger partial charge < -0.3 is 15.6 Å². The maximum Gasteiger partial charge on any atom is 0.237 e. The maximum absolute atomic E-state index is 13.7. The van der Waals surface area contributed by atoms with E-state index in [1.54, 1.807) is 19.1 Å². The van der Waals surface area contributed by atoms with Crippen LogP contribution < -0.4 is 11.1 Å². The zero-order chi connectivity index (χ0) is 18.7. The molecule has 1 atom stereocenters. The van der Waals surface area contributed by atoms with Gasteiger partial charge in [-0.25, -0.2) is 4.39 Å². The van der Waals surface area contributed by atoms with Crippen LogP contribution in [0.1, 0.15) is 37.9 Å². The number of halogens is 1. The average molecular weight is 377 g/mol. The summed E-state index contributed by atoms with van der Waals surface area (Å²) in [7, 11) is 0. The molecule has 138 valence electrons. The van der Waals surface area contributed by atoms with Gasteiger partial charge >= 0.3 is 0 Å². The second-order valence-electron chi connectivity index (χ2n) is 6.21. The SMILES string of the molecule is C[C@@H](Sc1nnc(C2CC2)n1CCC(N)=O)C(=O)Nc1ccccc1F. The van der Waals surface area contributed by atoms with E-state index in [1.165, 1.54) is 23.9 Å². The number of hydrogen-bond donors (Lipinski definition) is 2. The van der Waals surface area contributed by atoms with Crippen LogP contribution in [0.5, 0.6) is 0 Å². The fourth-order valence-electron chi connectivity index (χ4n) is 2.47. The molecule has 26 heavy (non-hydrogen) atoms. The molecule has 1 saturated carbocycles. The zero-order valence-electron chi connectivity index (χ0n) is 14.3. The fourth-order valence-corrected chi connectivity index (χ4v) is 3.35. The molecule has 2 aromatic rings. The zero-order valence-corrected chi connectivity index (χ0v) is 15.1. The Labute approximate surface area is 154 Å². The molecule has 0 aliphatic heterocycles. The van der Waals surface area contributed by atoms with Crippen molar-refractivity contribution in [2.24, 2.45) is 5.73 Å². The van der Waals surface area contributed by atoms with E-state index in [0.29, 0.717) is 17.6 Å². The number of carbonyl (C=O) groups is 2. The smallest absolute Gasteiger partial charge is 0.237 e. The van der Waals surface area contributed by atoms with Crippen LogP contribution in [0.2, 0.25) is 0 Å². The van der Waals surface area contributed by atoms with Gasteiger partial charge in [-0.3, -0.25) is 9.59 Å². The summed E-state index contributed by atoms with van der Waals surface area (Å²) >= 11 is 1.22. The molecule has 1 aliphatic rings. The molecule has 1 aliphatic carbocycles. The molecule has 3 N–H and O–H groups in total. The van der Waals surface area contributed by atoms with Crippen LogP contribution in [0, 0.1) is 5.82 Å². The number of nitrogens with zero attached hydrogens (tertiary/aromatic N) is 3. The van der Waals surface area contributed by atoms with Crippen molar-refractivity contribution >= 4 is 29.3 Å². The lowest BCUT2D eigenvalue weighted by atomic mass is 10.3. The van der Waals surface area contributed by atoms with Crippen molar-refractivity contribution in [1.82, 2.24) is 14.8 Å². The van der Waals surface area contributed by atoms with Gasteiger partial charge in [0.1, 0.15) is 11.6 Å². The highest BCUT2D eigenvalue weighted by Gasteiger charge is 2.31. The minimum atomic E-state index is -0.516. The van der Waals surface area contributed by atoms with E-state index in [-0.39, 0.29) is 18.0 Å². The molecule has 2 amide bonds. The number of amides is 2. The Morgan fingerprint density at radius 3 is 2.77 bits per heavy atom. The third-order valence-corrected chi connectivity index (χ3v) is 5.13. The van der Waals surface area contributed by atoms with E-state index >= 15 is 0 Å². The van der Waals surface area contributed by atoms with Crippen molar-refractivity contribution < 1.29 is 14.0 Å². The summed E-state index contributed by atoms with van der Waals surface area (Å²) in [4.78, 5) is 23.5. The average Bonchev–Trinajstić information content (AvgIpc) is 3.37. The van der Waals surface area contributed by atoms with Gasteiger partial charge in [0.2, 0.25) is 11.8 Å². The van der Waals surface area contributed by atoms with Gasteiger partial charge in [-0.2, -0.15) is 0 Å². The summed E-state index contributed by atoms with van der Waals surface area (Å²) in [6, 6.07) is 6.00. The highest BCUT2D eigenvalue weighted by molar-refractivity contribution is 8.00. The first kappa shape index (κ1) is 18.4. The van der Waals surface area contributed by atoms with Crippen LogP contribution in [-0.4, -0.2) is 31.8 Å². The second-order valence-corrected chi connectivity index (χ2v) is 7.52. The molecular formula is C17H20FN5O2S. The number of para-hydroxylation sites is 1. The third-order valence-electron chi connectivity index (χ3n) is 4.05. The Balaban J connectivity index is 1.70. The van der Waals surface area contributed by atoms with Crippen LogP contribution >= 0.6 is 11.8 Å². The second kappa shape index (κ2) is 7.86. The van der Waals surface area contributed by atoms with E-state index in [2.05, 4.69) is 15.5 Å². The summed E-state index contributed by atoms with van der Waals surface area (Å²) < 4.78 is 15.5. The Morgan fingerprint density at radius 1 is 1.38 bits per heavy atom. The Morgan fingerprint density at radius 2 is 2.12 bits per heavy atom. The molecule has 0 radical (unpaired) electrons. The van der Waals surface area contributed by atoms with Crippen molar-refractivity contribution in [2.45, 2.75) is 49.1 Å². The first-order valence-corrected chi connectivity index (χ1v) is 9.27. The normalized spacial score (nSPS) is 14.8. The largest absolute Gasteiger partial charge is 0.370 e. The van der Waals surface area contributed by atoms with Crippen molar-refractivity contribution in [1.29, 1.82) is 0 Å². The quantitative estimate of drug-likeness (QED) is 0.687. The van der Waals surface area contributed by atoms with Gasteiger partial charge in [0.25, 0.3) is 0 Å². The molecule has 9 heteroatoms. The van der Waals surface area contributed by atoms with Crippen molar-refractivity contribution in [2.75, 3.05) is 5.32 Å². The highest BCUT2D eigenvalue weighted by atomic mass is 32.2. The van der Waals surface area contributed by atoms with Crippen LogP contribution in [0.15, 0.2) is 29.4 Å². The topological polar surface area (TPSA) is 103 Å². The molecule has 1 aromatic heterocycles. The van der Waals surface area contributed by atoms with E-state index in [0.717, 1.165) is 18.7 Å². The lowest BCUT2D eigenvalue weighted by Crippen LogP contribution is -2.23. The minimum Gasteiger partial charge on any atom is -0.370 e. The molecular weight excluding hydrogens is 357 g/mol. The Bertz CT molecular complexity index is 821. The summed E-state index contributed by atoms with van der Waals surface area (Å²) in [6.45, 7) is 2.10. The molecule has 0 spiro atoms.